The third-order valence-corrected chi connectivity index (χ3v) is 4.28. The maximum Gasteiger partial charge on any atom is 0.252 e. The number of aromatic amines is 1. The molecule has 1 N–H and O–H groups in total. The van der Waals surface area contributed by atoms with Crippen LogP contribution in [0.4, 0.5) is 0 Å². The fourth-order valence-electron chi connectivity index (χ4n) is 2.09. The minimum Gasteiger partial charge on any atom is -0.493 e. The number of hydrogen-bond donors (Lipinski definition) is 1. The molecular weight excluding hydrogens is 344 g/mol. The highest BCUT2D eigenvalue weighted by Crippen LogP contribution is 2.19. The molecule has 3 rings (SSSR count). The van der Waals surface area contributed by atoms with Gasteiger partial charge in [-0.2, -0.15) is 0 Å². The van der Waals surface area contributed by atoms with Gasteiger partial charge in [-0.3, -0.25) is 4.79 Å². The monoisotopic (exact) mass is 358 g/mol. The van der Waals surface area contributed by atoms with E-state index in [-0.39, 0.29) is 5.56 Å². The second-order valence-corrected chi connectivity index (χ2v) is 6.47. The number of nitrogens with zero attached hydrogens (tertiary/aromatic N) is 1. The van der Waals surface area contributed by atoms with Crippen LogP contribution in [0, 0.1) is 0 Å². The molecule has 3 aromatic rings. The molecule has 0 aliphatic heterocycles. The second kappa shape index (κ2) is 8.04. The highest BCUT2D eigenvalue weighted by molar-refractivity contribution is 7.99. The lowest BCUT2D eigenvalue weighted by Gasteiger charge is -2.06. The first-order chi connectivity index (χ1) is 11.7. The van der Waals surface area contributed by atoms with Gasteiger partial charge in [0.25, 0.3) is 5.56 Å². The van der Waals surface area contributed by atoms with Crippen molar-refractivity contribution in [1.29, 1.82) is 0 Å². The van der Waals surface area contributed by atoms with Crippen LogP contribution in [-0.2, 0) is 0 Å². The molecule has 2 aromatic carbocycles. The third-order valence-electron chi connectivity index (χ3n) is 3.19. The van der Waals surface area contributed by atoms with Gasteiger partial charge >= 0.3 is 0 Å². The van der Waals surface area contributed by atoms with Crippen LogP contribution in [0.15, 0.2) is 70.6 Å². The van der Waals surface area contributed by atoms with Crippen LogP contribution < -0.4 is 10.3 Å². The molecule has 0 bridgehead atoms. The van der Waals surface area contributed by atoms with Crippen LogP contribution in [-0.4, -0.2) is 22.3 Å². The molecule has 0 saturated heterocycles. The van der Waals surface area contributed by atoms with Gasteiger partial charge in [0, 0.05) is 22.4 Å². The van der Waals surface area contributed by atoms with Gasteiger partial charge in [-0.15, -0.1) is 0 Å². The summed E-state index contributed by atoms with van der Waals surface area (Å²) in [4.78, 5) is 19.1. The van der Waals surface area contributed by atoms with Crippen molar-refractivity contribution in [2.45, 2.75) is 5.16 Å². The lowest BCUT2D eigenvalue weighted by atomic mass is 10.1. The molecule has 0 unspecified atom stereocenters. The molecule has 6 heteroatoms. The van der Waals surface area contributed by atoms with Gasteiger partial charge in [0.1, 0.15) is 5.75 Å². The molecule has 122 valence electrons. The lowest BCUT2D eigenvalue weighted by molar-refractivity contribution is 0.344. The van der Waals surface area contributed by atoms with Gasteiger partial charge in [0.2, 0.25) is 0 Å². The number of hydrogen-bond acceptors (Lipinski definition) is 4. The Bertz CT molecular complexity index is 851. The molecule has 1 heterocycles. The molecule has 0 saturated carbocycles. The summed E-state index contributed by atoms with van der Waals surface area (Å²) in [5, 5.41) is 1.26. The van der Waals surface area contributed by atoms with Crippen molar-refractivity contribution in [3.8, 4) is 17.0 Å². The van der Waals surface area contributed by atoms with E-state index in [9.17, 15) is 4.79 Å². The van der Waals surface area contributed by atoms with Crippen LogP contribution in [0.3, 0.4) is 0 Å². The predicted octanol–water partition coefficient (Wildman–Crippen LogP) is 4.26. The normalized spacial score (nSPS) is 10.5. The highest BCUT2D eigenvalue weighted by atomic mass is 35.5. The number of H-pyrrole nitrogens is 1. The summed E-state index contributed by atoms with van der Waals surface area (Å²) < 4.78 is 5.63. The number of benzene rings is 2. The van der Waals surface area contributed by atoms with Gasteiger partial charge in [0.15, 0.2) is 5.16 Å². The Labute approximate surface area is 148 Å². The van der Waals surface area contributed by atoms with Crippen molar-refractivity contribution < 1.29 is 4.74 Å². The van der Waals surface area contributed by atoms with E-state index >= 15 is 0 Å². The Balaban J connectivity index is 1.60. The minimum absolute atomic E-state index is 0.162. The lowest BCUT2D eigenvalue weighted by Crippen LogP contribution is -2.09. The van der Waals surface area contributed by atoms with E-state index < -0.39 is 0 Å². The fourth-order valence-corrected chi connectivity index (χ4v) is 2.91. The van der Waals surface area contributed by atoms with Crippen LogP contribution in [0.2, 0.25) is 5.02 Å². The van der Waals surface area contributed by atoms with Gasteiger partial charge in [-0.1, -0.05) is 53.7 Å². The average molecular weight is 359 g/mol. The summed E-state index contributed by atoms with van der Waals surface area (Å²) in [6, 6.07) is 18.4. The van der Waals surface area contributed by atoms with Crippen LogP contribution in [0.25, 0.3) is 11.3 Å². The number of halogens is 1. The molecule has 24 heavy (non-hydrogen) atoms. The summed E-state index contributed by atoms with van der Waals surface area (Å²) in [6.45, 7) is 0.506. The maximum absolute atomic E-state index is 11.8. The molecule has 1 aromatic heterocycles. The number of aromatic nitrogens is 2. The van der Waals surface area contributed by atoms with Crippen molar-refractivity contribution >= 4 is 23.4 Å². The molecule has 0 aliphatic carbocycles. The summed E-state index contributed by atoms with van der Waals surface area (Å²) >= 11 is 7.28. The van der Waals surface area contributed by atoms with Crippen molar-refractivity contribution in [2.24, 2.45) is 0 Å². The zero-order chi connectivity index (χ0) is 16.8. The summed E-state index contributed by atoms with van der Waals surface area (Å²) in [7, 11) is 0. The summed E-state index contributed by atoms with van der Waals surface area (Å²) in [6.07, 6.45) is 0. The highest BCUT2D eigenvalue weighted by Gasteiger charge is 2.04. The van der Waals surface area contributed by atoms with Crippen molar-refractivity contribution in [3.05, 3.63) is 76.0 Å². The topological polar surface area (TPSA) is 55.0 Å². The molecule has 0 amide bonds. The van der Waals surface area contributed by atoms with E-state index in [4.69, 9.17) is 16.3 Å². The molecule has 0 atom stereocenters. The first kappa shape index (κ1) is 16.6. The molecule has 4 nitrogen and oxygen atoms in total. The molecule has 0 spiro atoms. The van der Waals surface area contributed by atoms with E-state index in [1.807, 2.05) is 42.5 Å². The Kier molecular flexibility index (Phi) is 5.56. The van der Waals surface area contributed by atoms with Crippen molar-refractivity contribution in [2.75, 3.05) is 12.4 Å². The predicted molar refractivity (Wildman–Crippen MR) is 98.0 cm³/mol. The van der Waals surface area contributed by atoms with Crippen LogP contribution in [0.1, 0.15) is 0 Å². The van der Waals surface area contributed by atoms with E-state index in [0.717, 1.165) is 11.3 Å². The van der Waals surface area contributed by atoms with Gasteiger partial charge in [-0.05, 0) is 24.3 Å². The van der Waals surface area contributed by atoms with E-state index in [1.165, 1.54) is 17.8 Å². The molecule has 0 radical (unpaired) electrons. The van der Waals surface area contributed by atoms with E-state index in [1.54, 1.807) is 12.1 Å². The number of ether oxygens (including phenoxy) is 1. The Morgan fingerprint density at radius 3 is 2.58 bits per heavy atom. The SMILES string of the molecule is O=c1cc(-c2ccccc2)nc(SCCOc2ccc(Cl)cc2)[nH]1. The van der Waals surface area contributed by atoms with Gasteiger partial charge in [0.05, 0.1) is 12.3 Å². The smallest absolute Gasteiger partial charge is 0.252 e. The zero-order valence-corrected chi connectivity index (χ0v) is 14.3. The number of thioether (sulfide) groups is 1. The number of rotatable bonds is 6. The van der Waals surface area contributed by atoms with Crippen molar-refractivity contribution in [3.63, 3.8) is 0 Å². The maximum atomic E-state index is 11.8. The van der Waals surface area contributed by atoms with Crippen LogP contribution in [0.5, 0.6) is 5.75 Å². The Morgan fingerprint density at radius 2 is 1.83 bits per heavy atom. The average Bonchev–Trinajstić information content (AvgIpc) is 2.61. The zero-order valence-electron chi connectivity index (χ0n) is 12.7. The first-order valence-corrected chi connectivity index (χ1v) is 8.75. The largest absolute Gasteiger partial charge is 0.493 e. The standard InChI is InChI=1S/C18H15ClN2O2S/c19-14-6-8-15(9-7-14)23-10-11-24-18-20-16(12-17(22)21-18)13-4-2-1-3-5-13/h1-9,12H,10-11H2,(H,20,21,22). The van der Waals surface area contributed by atoms with Crippen molar-refractivity contribution in [1.82, 2.24) is 9.97 Å². The van der Waals surface area contributed by atoms with Crippen LogP contribution >= 0.6 is 23.4 Å². The van der Waals surface area contributed by atoms with E-state index in [0.29, 0.717) is 28.2 Å². The van der Waals surface area contributed by atoms with Gasteiger partial charge < -0.3 is 9.72 Å². The first-order valence-electron chi connectivity index (χ1n) is 7.39. The fraction of sp³-hybridized carbons (Fsp3) is 0.111. The number of nitrogens with one attached hydrogen (secondary N) is 1. The Hall–Kier alpha value is -2.24. The minimum atomic E-state index is -0.162. The molecule has 0 fully saturated rings. The molecular formula is C18H15ClN2O2S. The quantitative estimate of drug-likeness (QED) is 0.406. The Morgan fingerprint density at radius 1 is 1.08 bits per heavy atom. The molecule has 0 aliphatic rings. The van der Waals surface area contributed by atoms with E-state index in [2.05, 4.69) is 9.97 Å². The van der Waals surface area contributed by atoms with Gasteiger partial charge in [-0.25, -0.2) is 4.98 Å². The third kappa shape index (κ3) is 4.63. The second-order valence-electron chi connectivity index (χ2n) is 4.95. The summed E-state index contributed by atoms with van der Waals surface area (Å²) in [5.41, 5.74) is 1.42. The summed E-state index contributed by atoms with van der Waals surface area (Å²) in [5.74, 6) is 1.43.